The lowest BCUT2D eigenvalue weighted by Gasteiger charge is -2.44. The van der Waals surface area contributed by atoms with Gasteiger partial charge in [-0.2, -0.15) is 13.2 Å². The fourth-order valence-electron chi connectivity index (χ4n) is 3.32. The van der Waals surface area contributed by atoms with E-state index in [1.807, 2.05) is 0 Å². The van der Waals surface area contributed by atoms with E-state index >= 15 is 0 Å². The average molecular weight is 309 g/mol. The van der Waals surface area contributed by atoms with Crippen molar-refractivity contribution in [2.75, 3.05) is 13.1 Å². The second kappa shape index (κ2) is 6.55. The average Bonchev–Trinajstić information content (AvgIpc) is 2.33. The Labute approximate surface area is 124 Å². The molecule has 3 unspecified atom stereocenters. The van der Waals surface area contributed by atoms with E-state index in [4.69, 9.17) is 0 Å². The molecule has 0 bridgehead atoms. The van der Waals surface area contributed by atoms with Crippen LogP contribution in [0.1, 0.15) is 47.0 Å². The summed E-state index contributed by atoms with van der Waals surface area (Å²) in [5, 5.41) is 9.33. The quantitative estimate of drug-likeness (QED) is 0.859. The highest BCUT2D eigenvalue weighted by Crippen LogP contribution is 2.42. The molecule has 3 atom stereocenters. The lowest BCUT2D eigenvalue weighted by Crippen LogP contribution is -2.51. The number of alkyl halides is 3. The van der Waals surface area contributed by atoms with Crippen molar-refractivity contribution in [2.24, 2.45) is 17.3 Å². The van der Waals surface area contributed by atoms with Crippen molar-refractivity contribution in [3.05, 3.63) is 0 Å². The van der Waals surface area contributed by atoms with Crippen molar-refractivity contribution in [1.82, 2.24) is 4.90 Å². The first-order valence-electron chi connectivity index (χ1n) is 7.49. The van der Waals surface area contributed by atoms with Crippen LogP contribution < -0.4 is 0 Å². The zero-order valence-electron chi connectivity index (χ0n) is 13.2. The Morgan fingerprint density at radius 3 is 2.19 bits per heavy atom. The van der Waals surface area contributed by atoms with Gasteiger partial charge in [0.1, 0.15) is 0 Å². The molecule has 0 spiro atoms. The lowest BCUT2D eigenvalue weighted by atomic mass is 9.67. The van der Waals surface area contributed by atoms with Crippen LogP contribution in [0.5, 0.6) is 0 Å². The second-order valence-corrected chi connectivity index (χ2v) is 7.07. The van der Waals surface area contributed by atoms with E-state index in [0.717, 1.165) is 6.42 Å². The molecule has 21 heavy (non-hydrogen) atoms. The van der Waals surface area contributed by atoms with Crippen LogP contribution in [0.15, 0.2) is 0 Å². The molecule has 1 rings (SSSR count). The molecule has 0 heterocycles. The van der Waals surface area contributed by atoms with E-state index in [1.54, 1.807) is 6.92 Å². The molecule has 6 heteroatoms. The first kappa shape index (κ1) is 18.3. The molecule has 0 radical (unpaired) electrons. The van der Waals surface area contributed by atoms with Gasteiger partial charge in [-0.3, -0.25) is 9.69 Å². The number of halogens is 3. The van der Waals surface area contributed by atoms with Gasteiger partial charge in [-0.1, -0.05) is 27.7 Å². The number of carboxylic acid groups (broad SMARTS) is 1. The summed E-state index contributed by atoms with van der Waals surface area (Å²) in [6.07, 6.45) is -2.56. The van der Waals surface area contributed by atoms with E-state index in [-0.39, 0.29) is 17.9 Å². The van der Waals surface area contributed by atoms with Crippen molar-refractivity contribution in [3.63, 3.8) is 0 Å². The molecule has 124 valence electrons. The Kier molecular flexibility index (Phi) is 5.69. The molecule has 1 aliphatic rings. The van der Waals surface area contributed by atoms with E-state index in [0.29, 0.717) is 12.8 Å². The number of aliphatic carboxylic acids is 1. The standard InChI is InChI=1S/C15H26F3NO2/c1-5-19(9-15(16,17)18)12-8-10(14(2,3)4)6-7-11(12)13(20)21/h10-12H,5-9H2,1-4H3,(H,20,21). The molecule has 0 aromatic heterocycles. The third-order valence-electron chi connectivity index (χ3n) is 4.62. The minimum atomic E-state index is -4.30. The number of carboxylic acids is 1. The summed E-state index contributed by atoms with van der Waals surface area (Å²) >= 11 is 0. The van der Waals surface area contributed by atoms with Gasteiger partial charge in [0.2, 0.25) is 0 Å². The molecule has 1 saturated carbocycles. The smallest absolute Gasteiger partial charge is 0.401 e. The summed E-state index contributed by atoms with van der Waals surface area (Å²) in [5.41, 5.74) is -0.0145. The van der Waals surface area contributed by atoms with E-state index in [2.05, 4.69) is 20.8 Å². The molecule has 1 aliphatic carbocycles. The Bertz CT molecular complexity index is 363. The summed E-state index contributed by atoms with van der Waals surface area (Å²) in [6, 6.07) is -0.535. The molecule has 1 N–H and O–H groups in total. The topological polar surface area (TPSA) is 40.5 Å². The number of rotatable bonds is 4. The second-order valence-electron chi connectivity index (χ2n) is 7.07. The van der Waals surface area contributed by atoms with Crippen molar-refractivity contribution in [3.8, 4) is 0 Å². The van der Waals surface area contributed by atoms with Gasteiger partial charge in [0.05, 0.1) is 12.5 Å². The zero-order valence-corrected chi connectivity index (χ0v) is 13.2. The fourth-order valence-corrected chi connectivity index (χ4v) is 3.32. The van der Waals surface area contributed by atoms with Gasteiger partial charge in [0.15, 0.2) is 0 Å². The Morgan fingerprint density at radius 1 is 1.24 bits per heavy atom. The molecule has 0 aromatic carbocycles. The van der Waals surface area contributed by atoms with Gasteiger partial charge in [-0.25, -0.2) is 0 Å². The van der Waals surface area contributed by atoms with Crippen molar-refractivity contribution in [1.29, 1.82) is 0 Å². The number of nitrogens with zero attached hydrogens (tertiary/aromatic N) is 1. The summed E-state index contributed by atoms with van der Waals surface area (Å²) in [4.78, 5) is 12.7. The van der Waals surface area contributed by atoms with Gasteiger partial charge in [0, 0.05) is 6.04 Å². The van der Waals surface area contributed by atoms with Crippen LogP contribution in [0.2, 0.25) is 0 Å². The maximum atomic E-state index is 12.7. The largest absolute Gasteiger partial charge is 0.481 e. The molecule has 0 aliphatic heterocycles. The maximum absolute atomic E-state index is 12.7. The van der Waals surface area contributed by atoms with Gasteiger partial charge in [-0.05, 0) is 37.1 Å². The number of hydrogen-bond donors (Lipinski definition) is 1. The van der Waals surface area contributed by atoms with Gasteiger partial charge in [-0.15, -0.1) is 0 Å². The van der Waals surface area contributed by atoms with Gasteiger partial charge >= 0.3 is 12.1 Å². The predicted octanol–water partition coefficient (Wildman–Crippen LogP) is 3.79. The normalized spacial score (nSPS) is 27.9. The molecule has 0 aromatic rings. The molecule has 1 fully saturated rings. The monoisotopic (exact) mass is 309 g/mol. The Hall–Kier alpha value is -0.780. The highest BCUT2D eigenvalue weighted by molar-refractivity contribution is 5.71. The highest BCUT2D eigenvalue weighted by Gasteiger charge is 2.43. The van der Waals surface area contributed by atoms with Crippen LogP contribution in [0, 0.1) is 17.3 Å². The zero-order chi connectivity index (χ0) is 16.4. The van der Waals surface area contributed by atoms with Crippen LogP contribution in [0.25, 0.3) is 0 Å². The van der Waals surface area contributed by atoms with Crippen molar-refractivity contribution < 1.29 is 23.1 Å². The first-order chi connectivity index (χ1) is 9.45. The first-order valence-corrected chi connectivity index (χ1v) is 7.49. The third kappa shape index (κ3) is 5.16. The number of hydrogen-bond acceptors (Lipinski definition) is 2. The summed E-state index contributed by atoms with van der Waals surface area (Å²) in [5.74, 6) is -1.43. The third-order valence-corrected chi connectivity index (χ3v) is 4.62. The van der Waals surface area contributed by atoms with Crippen LogP contribution in [-0.4, -0.2) is 41.3 Å². The molecule has 3 nitrogen and oxygen atoms in total. The Balaban J connectivity index is 2.95. The lowest BCUT2D eigenvalue weighted by molar-refractivity contribution is -0.164. The molecular weight excluding hydrogens is 283 g/mol. The van der Waals surface area contributed by atoms with Crippen molar-refractivity contribution >= 4 is 5.97 Å². The van der Waals surface area contributed by atoms with Crippen LogP contribution in [0.4, 0.5) is 13.2 Å². The highest BCUT2D eigenvalue weighted by atomic mass is 19.4. The van der Waals surface area contributed by atoms with Crippen LogP contribution in [0.3, 0.4) is 0 Å². The predicted molar refractivity (Wildman–Crippen MR) is 75.0 cm³/mol. The minimum Gasteiger partial charge on any atom is -0.481 e. The summed E-state index contributed by atoms with van der Waals surface area (Å²) < 4.78 is 38.2. The van der Waals surface area contributed by atoms with Crippen LogP contribution >= 0.6 is 0 Å². The fraction of sp³-hybridized carbons (Fsp3) is 0.933. The maximum Gasteiger partial charge on any atom is 0.401 e. The molecular formula is C15H26F3NO2. The Morgan fingerprint density at radius 2 is 1.81 bits per heavy atom. The molecule has 0 amide bonds. The van der Waals surface area contributed by atoms with E-state index in [1.165, 1.54) is 4.90 Å². The van der Waals surface area contributed by atoms with E-state index in [9.17, 15) is 23.1 Å². The molecule has 0 saturated heterocycles. The summed E-state index contributed by atoms with van der Waals surface area (Å²) in [6.45, 7) is 7.03. The van der Waals surface area contributed by atoms with E-state index < -0.39 is 30.7 Å². The SMILES string of the molecule is CCN(CC(F)(F)F)C1CC(C(C)(C)C)CCC1C(=O)O. The van der Waals surface area contributed by atoms with Gasteiger partial charge < -0.3 is 5.11 Å². The van der Waals surface area contributed by atoms with Gasteiger partial charge in [0.25, 0.3) is 0 Å². The summed E-state index contributed by atoms with van der Waals surface area (Å²) in [7, 11) is 0. The van der Waals surface area contributed by atoms with Crippen LogP contribution in [-0.2, 0) is 4.79 Å². The minimum absolute atomic E-state index is 0.0145. The van der Waals surface area contributed by atoms with Crippen molar-refractivity contribution in [2.45, 2.75) is 59.2 Å². The number of carbonyl (C=O) groups is 1.